The third kappa shape index (κ3) is 3.48. The van der Waals surface area contributed by atoms with Crippen molar-refractivity contribution in [3.05, 3.63) is 29.7 Å². The number of benzene rings is 1. The lowest BCUT2D eigenvalue weighted by atomic mass is 10.2. The van der Waals surface area contributed by atoms with E-state index in [1.54, 1.807) is 6.07 Å². The molecule has 1 aromatic heterocycles. The Morgan fingerprint density at radius 2 is 1.71 bits per heavy atom. The normalized spacial score (nSPS) is 8.88. The van der Waals surface area contributed by atoms with Gasteiger partial charge in [-0.3, -0.25) is 0 Å². The number of ether oxygens (including phenoxy) is 1. The number of aryl methyl sites for hydroxylation is 1. The van der Waals surface area contributed by atoms with Gasteiger partial charge in [0.2, 0.25) is 0 Å². The quantitative estimate of drug-likeness (QED) is 0.768. The number of H-pyrrole nitrogens is 1. The first kappa shape index (κ1) is 15.5. The van der Waals surface area contributed by atoms with Crippen molar-refractivity contribution in [1.82, 2.24) is 4.98 Å². The monoisotopic (exact) mass is 239 g/mol. The van der Waals surface area contributed by atoms with E-state index >= 15 is 0 Å². The predicted molar refractivity (Wildman–Crippen MR) is 72.2 cm³/mol. The first-order chi connectivity index (χ1) is 8.22. The van der Waals surface area contributed by atoms with E-state index in [1.165, 1.54) is 13.2 Å². The molecule has 0 atom stereocenters. The molecule has 0 saturated carbocycles. The van der Waals surface area contributed by atoms with Crippen LogP contribution in [0.25, 0.3) is 10.9 Å². The number of aromatic nitrogens is 1. The third-order valence-electron chi connectivity index (χ3n) is 2.16. The second kappa shape index (κ2) is 7.71. The lowest BCUT2D eigenvalue weighted by molar-refractivity contribution is 0.387. The Bertz CT molecular complexity index is 449. The molecule has 0 bridgehead atoms. The molecule has 2 aromatic rings. The van der Waals surface area contributed by atoms with E-state index < -0.39 is 0 Å². The number of rotatable bonds is 1. The predicted octanol–water partition coefficient (Wildman–Crippen LogP) is 4.68. The topological polar surface area (TPSA) is 25.0 Å². The number of nitrogens with one attached hydrogen (secondary N) is 1. The fourth-order valence-corrected chi connectivity index (χ4v) is 1.42. The van der Waals surface area contributed by atoms with Gasteiger partial charge in [-0.1, -0.05) is 27.7 Å². The van der Waals surface area contributed by atoms with Crippen LogP contribution in [-0.2, 0) is 0 Å². The van der Waals surface area contributed by atoms with Crippen molar-refractivity contribution >= 4 is 10.9 Å². The zero-order valence-electron chi connectivity index (χ0n) is 11.5. The van der Waals surface area contributed by atoms with Gasteiger partial charge in [0.15, 0.2) is 11.6 Å². The SMILES string of the molecule is CC.CC.COc1cc2c(C)c[nH]c2cc1F. The summed E-state index contributed by atoms with van der Waals surface area (Å²) in [6.07, 6.45) is 1.85. The second-order valence-electron chi connectivity index (χ2n) is 3.00. The summed E-state index contributed by atoms with van der Waals surface area (Å²) >= 11 is 0. The summed E-state index contributed by atoms with van der Waals surface area (Å²) in [7, 11) is 1.46. The van der Waals surface area contributed by atoms with Gasteiger partial charge in [0, 0.05) is 23.2 Å². The molecule has 0 saturated heterocycles. The van der Waals surface area contributed by atoms with Crippen LogP contribution in [0.2, 0.25) is 0 Å². The minimum atomic E-state index is -0.336. The van der Waals surface area contributed by atoms with E-state index in [9.17, 15) is 4.39 Å². The van der Waals surface area contributed by atoms with E-state index in [2.05, 4.69) is 4.98 Å². The Labute approximate surface area is 103 Å². The fraction of sp³-hybridized carbons (Fsp3) is 0.429. The molecule has 1 aromatic carbocycles. The smallest absolute Gasteiger partial charge is 0.167 e. The van der Waals surface area contributed by atoms with Crippen LogP contribution >= 0.6 is 0 Å². The van der Waals surface area contributed by atoms with Crippen molar-refractivity contribution in [2.75, 3.05) is 7.11 Å². The Morgan fingerprint density at radius 3 is 2.24 bits per heavy atom. The van der Waals surface area contributed by atoms with Crippen LogP contribution in [0.15, 0.2) is 18.3 Å². The summed E-state index contributed by atoms with van der Waals surface area (Å²) in [6.45, 7) is 9.97. The molecular weight excluding hydrogens is 217 g/mol. The molecule has 0 radical (unpaired) electrons. The Morgan fingerprint density at radius 1 is 1.12 bits per heavy atom. The van der Waals surface area contributed by atoms with Gasteiger partial charge < -0.3 is 9.72 Å². The number of hydrogen-bond donors (Lipinski definition) is 1. The molecule has 17 heavy (non-hydrogen) atoms. The molecule has 96 valence electrons. The van der Waals surface area contributed by atoms with Crippen LogP contribution in [0.3, 0.4) is 0 Å². The average Bonchev–Trinajstić information content (AvgIpc) is 2.74. The number of methoxy groups -OCH3 is 1. The van der Waals surface area contributed by atoms with Crippen LogP contribution < -0.4 is 4.74 Å². The van der Waals surface area contributed by atoms with Crippen LogP contribution in [0.1, 0.15) is 33.3 Å². The van der Waals surface area contributed by atoms with Crippen molar-refractivity contribution in [2.24, 2.45) is 0 Å². The van der Waals surface area contributed by atoms with Crippen LogP contribution in [-0.4, -0.2) is 12.1 Å². The average molecular weight is 239 g/mol. The highest BCUT2D eigenvalue weighted by Crippen LogP contribution is 2.25. The fourth-order valence-electron chi connectivity index (χ4n) is 1.42. The summed E-state index contributed by atoms with van der Waals surface area (Å²) in [5.74, 6) is -0.0490. The first-order valence-electron chi connectivity index (χ1n) is 6.03. The van der Waals surface area contributed by atoms with Crippen molar-refractivity contribution in [1.29, 1.82) is 0 Å². The molecule has 2 nitrogen and oxygen atoms in total. The number of fused-ring (bicyclic) bond motifs is 1. The molecule has 1 N–H and O–H groups in total. The molecule has 3 heteroatoms. The Balaban J connectivity index is 0.000000581. The lowest BCUT2D eigenvalue weighted by Gasteiger charge is -2.01. The van der Waals surface area contributed by atoms with Gasteiger partial charge in [0.25, 0.3) is 0 Å². The van der Waals surface area contributed by atoms with Crippen molar-refractivity contribution in [2.45, 2.75) is 34.6 Å². The molecule has 0 aliphatic heterocycles. The minimum absolute atomic E-state index is 0.287. The molecule has 0 unspecified atom stereocenters. The van der Waals surface area contributed by atoms with E-state index in [-0.39, 0.29) is 11.6 Å². The van der Waals surface area contributed by atoms with Crippen molar-refractivity contribution < 1.29 is 9.13 Å². The van der Waals surface area contributed by atoms with Gasteiger partial charge >= 0.3 is 0 Å². The molecular formula is C14H22FNO. The second-order valence-corrected chi connectivity index (χ2v) is 3.00. The van der Waals surface area contributed by atoms with Gasteiger partial charge in [0.05, 0.1) is 7.11 Å². The molecule has 0 spiro atoms. The maximum absolute atomic E-state index is 13.2. The standard InChI is InChI=1S/C10H10FNO.2C2H6/c1-6-5-12-9-4-8(11)10(13-2)3-7(6)9;2*1-2/h3-5,12H,1-2H3;2*1-2H3. The maximum atomic E-state index is 13.2. The van der Waals surface area contributed by atoms with E-state index in [0.717, 1.165) is 16.5 Å². The summed E-state index contributed by atoms with van der Waals surface area (Å²) < 4.78 is 18.1. The largest absolute Gasteiger partial charge is 0.494 e. The molecule has 2 rings (SSSR count). The minimum Gasteiger partial charge on any atom is -0.494 e. The van der Waals surface area contributed by atoms with Gasteiger partial charge in [-0.2, -0.15) is 0 Å². The summed E-state index contributed by atoms with van der Waals surface area (Å²) in [5, 5.41) is 0.998. The van der Waals surface area contributed by atoms with Gasteiger partial charge in [-0.25, -0.2) is 4.39 Å². The highest BCUT2D eigenvalue weighted by Gasteiger charge is 2.06. The highest BCUT2D eigenvalue weighted by atomic mass is 19.1. The zero-order valence-corrected chi connectivity index (χ0v) is 11.5. The molecule has 0 fully saturated rings. The Hall–Kier alpha value is -1.51. The van der Waals surface area contributed by atoms with Crippen LogP contribution in [0.5, 0.6) is 5.75 Å². The number of hydrogen-bond acceptors (Lipinski definition) is 1. The van der Waals surface area contributed by atoms with Crippen LogP contribution in [0.4, 0.5) is 4.39 Å². The van der Waals surface area contributed by atoms with Crippen molar-refractivity contribution in [3.8, 4) is 5.75 Å². The van der Waals surface area contributed by atoms with Gasteiger partial charge in [-0.15, -0.1) is 0 Å². The molecule has 0 amide bonds. The molecule has 0 aliphatic rings. The third-order valence-corrected chi connectivity index (χ3v) is 2.16. The summed E-state index contributed by atoms with van der Waals surface area (Å²) in [5.41, 5.74) is 1.89. The van der Waals surface area contributed by atoms with E-state index in [4.69, 9.17) is 4.74 Å². The van der Waals surface area contributed by atoms with E-state index in [0.29, 0.717) is 0 Å². The molecule has 1 heterocycles. The summed E-state index contributed by atoms with van der Waals surface area (Å²) in [6, 6.07) is 3.15. The van der Waals surface area contributed by atoms with Crippen LogP contribution in [0, 0.1) is 12.7 Å². The van der Waals surface area contributed by atoms with Gasteiger partial charge in [-0.05, 0) is 18.6 Å². The number of halogens is 1. The summed E-state index contributed by atoms with van der Waals surface area (Å²) in [4.78, 5) is 2.98. The lowest BCUT2D eigenvalue weighted by Crippen LogP contribution is -1.87. The van der Waals surface area contributed by atoms with Gasteiger partial charge in [0.1, 0.15) is 0 Å². The highest BCUT2D eigenvalue weighted by molar-refractivity contribution is 5.84. The van der Waals surface area contributed by atoms with E-state index in [1.807, 2.05) is 40.8 Å². The molecule has 0 aliphatic carbocycles. The Kier molecular flexibility index (Phi) is 7.03. The maximum Gasteiger partial charge on any atom is 0.167 e. The first-order valence-corrected chi connectivity index (χ1v) is 6.03. The van der Waals surface area contributed by atoms with Crippen molar-refractivity contribution in [3.63, 3.8) is 0 Å². The zero-order chi connectivity index (χ0) is 13.4. The number of aromatic amines is 1.